The van der Waals surface area contributed by atoms with Gasteiger partial charge in [-0.15, -0.1) is 0 Å². The van der Waals surface area contributed by atoms with Crippen molar-refractivity contribution in [2.24, 2.45) is 0 Å². The number of likely N-dealkylation sites (tertiary alicyclic amines) is 1. The van der Waals surface area contributed by atoms with Crippen LogP contribution in [0.15, 0.2) is 30.3 Å². The number of nitrogens with one attached hydrogen (secondary N) is 1. The predicted molar refractivity (Wildman–Crippen MR) is 118 cm³/mol. The number of carbonyl (C=O) groups is 2. The number of hydrogen-bond donors (Lipinski definition) is 1. The van der Waals surface area contributed by atoms with Gasteiger partial charge in [0.25, 0.3) is 0 Å². The third-order valence-corrected chi connectivity index (χ3v) is 6.18. The molecule has 1 N–H and O–H groups in total. The molecule has 170 valence electrons. The van der Waals surface area contributed by atoms with Crippen molar-refractivity contribution in [1.29, 1.82) is 0 Å². The molecular weight excluding hydrogens is 413 g/mol. The topological polar surface area (TPSA) is 87.7 Å². The average Bonchev–Trinajstić information content (AvgIpc) is 3.21. The SMILES string of the molecule is CNc1cc([C@H]2CC(=O)N(c3ccc(F)cc3)C2)nc(C2CCN(C(=O)COC)CC2)n1. The molecule has 0 unspecified atom stereocenters. The van der Waals surface area contributed by atoms with Gasteiger partial charge in [-0.05, 0) is 37.1 Å². The first-order valence-electron chi connectivity index (χ1n) is 10.9. The van der Waals surface area contributed by atoms with Crippen LogP contribution in [0.1, 0.15) is 42.6 Å². The van der Waals surface area contributed by atoms with Crippen molar-refractivity contribution in [2.45, 2.75) is 31.1 Å². The molecule has 4 rings (SSSR count). The fourth-order valence-corrected chi connectivity index (χ4v) is 4.38. The summed E-state index contributed by atoms with van der Waals surface area (Å²) in [5.74, 6) is 1.23. The van der Waals surface area contributed by atoms with Crippen LogP contribution in [-0.2, 0) is 14.3 Å². The highest BCUT2D eigenvalue weighted by atomic mass is 19.1. The molecule has 8 nitrogen and oxygen atoms in total. The Bertz CT molecular complexity index is 976. The lowest BCUT2D eigenvalue weighted by molar-refractivity contribution is -0.136. The molecule has 0 bridgehead atoms. The summed E-state index contributed by atoms with van der Waals surface area (Å²) in [5.41, 5.74) is 1.52. The Morgan fingerprint density at radius 2 is 1.91 bits per heavy atom. The number of rotatable bonds is 6. The highest BCUT2D eigenvalue weighted by Gasteiger charge is 2.34. The number of ether oxygens (including phenoxy) is 1. The average molecular weight is 442 g/mol. The van der Waals surface area contributed by atoms with Gasteiger partial charge in [-0.1, -0.05) is 0 Å². The first kappa shape index (κ1) is 22.1. The van der Waals surface area contributed by atoms with Gasteiger partial charge in [0, 0.05) is 63.8 Å². The summed E-state index contributed by atoms with van der Waals surface area (Å²) in [5, 5.41) is 3.10. The summed E-state index contributed by atoms with van der Waals surface area (Å²) in [6.07, 6.45) is 1.92. The fraction of sp³-hybridized carbons (Fsp3) is 0.478. The summed E-state index contributed by atoms with van der Waals surface area (Å²) in [6, 6.07) is 7.87. The first-order valence-corrected chi connectivity index (χ1v) is 10.9. The van der Waals surface area contributed by atoms with Crippen molar-refractivity contribution in [2.75, 3.05) is 50.6 Å². The number of amides is 2. The number of piperidine rings is 1. The van der Waals surface area contributed by atoms with Gasteiger partial charge in [-0.25, -0.2) is 14.4 Å². The molecule has 3 heterocycles. The monoisotopic (exact) mass is 441 g/mol. The van der Waals surface area contributed by atoms with Crippen LogP contribution in [0.2, 0.25) is 0 Å². The number of benzene rings is 1. The lowest BCUT2D eigenvalue weighted by Crippen LogP contribution is -2.40. The Kier molecular flexibility index (Phi) is 6.64. The van der Waals surface area contributed by atoms with Gasteiger partial charge < -0.3 is 19.9 Å². The molecule has 2 amide bonds. The van der Waals surface area contributed by atoms with Gasteiger partial charge in [0.1, 0.15) is 24.1 Å². The van der Waals surface area contributed by atoms with E-state index in [0.29, 0.717) is 31.7 Å². The molecule has 1 aromatic heterocycles. The first-order chi connectivity index (χ1) is 15.5. The lowest BCUT2D eigenvalue weighted by atomic mass is 9.95. The Labute approximate surface area is 186 Å². The van der Waals surface area contributed by atoms with Crippen LogP contribution in [0.3, 0.4) is 0 Å². The van der Waals surface area contributed by atoms with E-state index < -0.39 is 0 Å². The van der Waals surface area contributed by atoms with Crippen molar-refractivity contribution in [3.8, 4) is 0 Å². The normalized spacial score (nSPS) is 19.5. The van der Waals surface area contributed by atoms with Gasteiger partial charge >= 0.3 is 0 Å². The summed E-state index contributed by atoms with van der Waals surface area (Å²) >= 11 is 0. The van der Waals surface area contributed by atoms with E-state index in [1.165, 1.54) is 19.2 Å². The Balaban J connectivity index is 1.50. The molecule has 9 heteroatoms. The second-order valence-corrected chi connectivity index (χ2v) is 8.26. The number of hydrogen-bond acceptors (Lipinski definition) is 6. The molecule has 0 aliphatic carbocycles. The van der Waals surface area contributed by atoms with Crippen molar-refractivity contribution >= 4 is 23.3 Å². The van der Waals surface area contributed by atoms with E-state index in [9.17, 15) is 14.0 Å². The van der Waals surface area contributed by atoms with Crippen LogP contribution in [0.4, 0.5) is 15.9 Å². The Hall–Kier alpha value is -3.07. The number of halogens is 1. The quantitative estimate of drug-likeness (QED) is 0.741. The molecule has 2 aliphatic rings. The number of carbonyl (C=O) groups excluding carboxylic acids is 2. The van der Waals surface area contributed by atoms with E-state index in [-0.39, 0.29) is 36.1 Å². The number of nitrogens with zero attached hydrogens (tertiary/aromatic N) is 4. The van der Waals surface area contributed by atoms with Crippen molar-refractivity contribution in [3.63, 3.8) is 0 Å². The van der Waals surface area contributed by atoms with Gasteiger partial charge in [0.15, 0.2) is 0 Å². The minimum Gasteiger partial charge on any atom is -0.375 e. The highest BCUT2D eigenvalue weighted by Crippen LogP contribution is 2.33. The van der Waals surface area contributed by atoms with Gasteiger partial charge in [0.05, 0.1) is 5.69 Å². The molecule has 1 aromatic carbocycles. The minimum atomic E-state index is -0.328. The van der Waals surface area contributed by atoms with Crippen LogP contribution >= 0.6 is 0 Å². The van der Waals surface area contributed by atoms with E-state index in [2.05, 4.69) is 10.3 Å². The predicted octanol–water partition coefficient (Wildman–Crippen LogP) is 2.53. The second kappa shape index (κ2) is 9.60. The maximum Gasteiger partial charge on any atom is 0.248 e. The number of methoxy groups -OCH3 is 1. The van der Waals surface area contributed by atoms with E-state index >= 15 is 0 Å². The van der Waals surface area contributed by atoms with Gasteiger partial charge in [-0.2, -0.15) is 0 Å². The molecule has 0 spiro atoms. The van der Waals surface area contributed by atoms with Crippen LogP contribution in [-0.4, -0.2) is 67.1 Å². The lowest BCUT2D eigenvalue weighted by Gasteiger charge is -2.31. The van der Waals surface area contributed by atoms with Crippen molar-refractivity contribution in [3.05, 3.63) is 47.7 Å². The van der Waals surface area contributed by atoms with Gasteiger partial charge in [-0.3, -0.25) is 9.59 Å². The summed E-state index contributed by atoms with van der Waals surface area (Å²) in [4.78, 5) is 37.8. The van der Waals surface area contributed by atoms with E-state index in [4.69, 9.17) is 9.72 Å². The standard InChI is InChI=1S/C23H28FN5O3/c1-25-20-12-19(16-11-21(30)29(13-16)18-5-3-17(24)4-6-18)26-23(27-20)15-7-9-28(10-8-15)22(31)14-32-2/h3-6,12,15-16H,7-11,13-14H2,1-2H3,(H,25,26,27)/t16-/m0/s1. The largest absolute Gasteiger partial charge is 0.375 e. The molecule has 2 fully saturated rings. The molecule has 2 saturated heterocycles. The molecule has 32 heavy (non-hydrogen) atoms. The third kappa shape index (κ3) is 4.72. The molecular formula is C23H28FN5O3. The molecule has 0 saturated carbocycles. The summed E-state index contributed by atoms with van der Waals surface area (Å²) in [7, 11) is 3.33. The third-order valence-electron chi connectivity index (χ3n) is 6.18. The van der Waals surface area contributed by atoms with Crippen molar-refractivity contribution in [1.82, 2.24) is 14.9 Å². The van der Waals surface area contributed by atoms with E-state index in [1.54, 1.807) is 17.0 Å². The number of aromatic nitrogens is 2. The van der Waals surface area contributed by atoms with Crippen LogP contribution in [0.25, 0.3) is 0 Å². The zero-order chi connectivity index (χ0) is 22.7. The van der Waals surface area contributed by atoms with Crippen LogP contribution < -0.4 is 10.2 Å². The van der Waals surface area contributed by atoms with Crippen LogP contribution in [0, 0.1) is 5.82 Å². The zero-order valence-electron chi connectivity index (χ0n) is 18.4. The zero-order valence-corrected chi connectivity index (χ0v) is 18.4. The summed E-state index contributed by atoms with van der Waals surface area (Å²) < 4.78 is 18.2. The fourth-order valence-electron chi connectivity index (χ4n) is 4.38. The minimum absolute atomic E-state index is 0.00175. The molecule has 2 aromatic rings. The summed E-state index contributed by atoms with van der Waals surface area (Å²) in [6.45, 7) is 1.89. The van der Waals surface area contributed by atoms with Gasteiger partial charge in [0.2, 0.25) is 11.8 Å². The molecule has 0 radical (unpaired) electrons. The van der Waals surface area contributed by atoms with Crippen LogP contribution in [0.5, 0.6) is 0 Å². The smallest absolute Gasteiger partial charge is 0.248 e. The van der Waals surface area contributed by atoms with E-state index in [0.717, 1.165) is 30.2 Å². The highest BCUT2D eigenvalue weighted by molar-refractivity contribution is 5.96. The maximum atomic E-state index is 13.3. The Morgan fingerprint density at radius 3 is 2.56 bits per heavy atom. The molecule has 1 atom stereocenters. The second-order valence-electron chi connectivity index (χ2n) is 8.26. The maximum absolute atomic E-state index is 13.3. The number of anilines is 2. The van der Waals surface area contributed by atoms with Crippen molar-refractivity contribution < 1.29 is 18.7 Å². The molecule has 2 aliphatic heterocycles. The van der Waals surface area contributed by atoms with E-state index in [1.807, 2.05) is 18.0 Å². The Morgan fingerprint density at radius 1 is 1.19 bits per heavy atom.